The average molecular weight is 396 g/mol. The number of nitrogens with one attached hydrogen (secondary N) is 2. The zero-order chi connectivity index (χ0) is 20.6. The minimum Gasteiger partial charge on any atom is -0.435 e. The van der Waals surface area contributed by atoms with Crippen molar-refractivity contribution in [2.75, 3.05) is 11.9 Å². The molecular weight excluding hydrogens is 378 g/mol. The van der Waals surface area contributed by atoms with E-state index in [1.807, 2.05) is 42.5 Å². The van der Waals surface area contributed by atoms with E-state index in [9.17, 15) is 18.4 Å². The van der Waals surface area contributed by atoms with E-state index in [0.717, 1.165) is 11.1 Å². The van der Waals surface area contributed by atoms with Gasteiger partial charge in [-0.3, -0.25) is 9.59 Å². The van der Waals surface area contributed by atoms with Crippen molar-refractivity contribution in [1.82, 2.24) is 5.32 Å². The molecule has 0 spiro atoms. The summed E-state index contributed by atoms with van der Waals surface area (Å²) in [6.45, 7) is -3.22. The predicted octanol–water partition coefficient (Wildman–Crippen LogP) is 4.32. The van der Waals surface area contributed by atoms with Gasteiger partial charge in [-0.2, -0.15) is 8.78 Å². The van der Waals surface area contributed by atoms with Gasteiger partial charge in [0.2, 0.25) is 5.91 Å². The number of hydrogen-bond acceptors (Lipinski definition) is 3. The maximum atomic E-state index is 12.2. The van der Waals surface area contributed by atoms with Crippen LogP contribution in [0.25, 0.3) is 11.1 Å². The topological polar surface area (TPSA) is 67.4 Å². The molecule has 0 aliphatic rings. The zero-order valence-corrected chi connectivity index (χ0v) is 15.3. The number of ether oxygens (including phenoxy) is 1. The maximum Gasteiger partial charge on any atom is 0.387 e. The highest BCUT2D eigenvalue weighted by Crippen LogP contribution is 2.20. The summed E-state index contributed by atoms with van der Waals surface area (Å²) in [6, 6.07) is 22.4. The molecule has 0 aromatic heterocycles. The van der Waals surface area contributed by atoms with E-state index in [1.54, 1.807) is 12.1 Å². The van der Waals surface area contributed by atoms with Crippen LogP contribution in [0.2, 0.25) is 0 Å². The molecule has 0 radical (unpaired) electrons. The Kier molecular flexibility index (Phi) is 6.52. The van der Waals surface area contributed by atoms with Crippen molar-refractivity contribution in [3.05, 3.63) is 84.4 Å². The highest BCUT2D eigenvalue weighted by Gasteiger charge is 2.10. The zero-order valence-electron chi connectivity index (χ0n) is 15.3. The van der Waals surface area contributed by atoms with E-state index >= 15 is 0 Å². The molecule has 0 atom stereocenters. The van der Waals surface area contributed by atoms with Crippen molar-refractivity contribution >= 4 is 17.5 Å². The van der Waals surface area contributed by atoms with E-state index in [2.05, 4.69) is 15.4 Å². The molecule has 0 aliphatic heterocycles. The molecule has 148 valence electrons. The third-order valence-corrected chi connectivity index (χ3v) is 4.01. The lowest BCUT2D eigenvalue weighted by Gasteiger charge is -2.09. The van der Waals surface area contributed by atoms with Crippen LogP contribution in [0.4, 0.5) is 14.5 Å². The Morgan fingerprint density at radius 3 is 2.24 bits per heavy atom. The van der Waals surface area contributed by atoms with E-state index in [1.165, 1.54) is 24.3 Å². The summed E-state index contributed by atoms with van der Waals surface area (Å²) in [5, 5.41) is 5.04. The van der Waals surface area contributed by atoms with Crippen LogP contribution in [0.1, 0.15) is 10.4 Å². The summed E-state index contributed by atoms with van der Waals surface area (Å²) in [4.78, 5) is 24.2. The number of carbonyl (C=O) groups excluding carboxylic acids is 2. The molecule has 5 nitrogen and oxygen atoms in total. The Hall–Kier alpha value is -3.74. The van der Waals surface area contributed by atoms with Crippen molar-refractivity contribution < 1.29 is 23.1 Å². The Morgan fingerprint density at radius 2 is 1.55 bits per heavy atom. The van der Waals surface area contributed by atoms with Crippen molar-refractivity contribution in [2.45, 2.75) is 6.61 Å². The average Bonchev–Trinajstić information content (AvgIpc) is 2.72. The molecule has 2 N–H and O–H groups in total. The van der Waals surface area contributed by atoms with E-state index in [-0.39, 0.29) is 18.0 Å². The molecule has 0 aliphatic carbocycles. The lowest BCUT2D eigenvalue weighted by atomic mass is 10.0. The summed E-state index contributed by atoms with van der Waals surface area (Å²) in [7, 11) is 0. The van der Waals surface area contributed by atoms with Crippen LogP contribution in [0, 0.1) is 0 Å². The van der Waals surface area contributed by atoms with Gasteiger partial charge < -0.3 is 15.4 Å². The molecule has 0 heterocycles. The number of rotatable bonds is 7. The molecule has 0 unspecified atom stereocenters. The quantitative estimate of drug-likeness (QED) is 0.625. The number of amides is 2. The monoisotopic (exact) mass is 396 g/mol. The first-order valence-corrected chi connectivity index (χ1v) is 8.80. The minimum atomic E-state index is -2.95. The van der Waals surface area contributed by atoms with Gasteiger partial charge in [-0.25, -0.2) is 0 Å². The molecule has 3 rings (SSSR count). The van der Waals surface area contributed by atoms with Gasteiger partial charge in [0.05, 0.1) is 6.54 Å². The van der Waals surface area contributed by atoms with Crippen molar-refractivity contribution in [1.29, 1.82) is 0 Å². The van der Waals surface area contributed by atoms with E-state index in [0.29, 0.717) is 5.56 Å². The van der Waals surface area contributed by atoms with Crippen LogP contribution >= 0.6 is 0 Å². The van der Waals surface area contributed by atoms with Gasteiger partial charge in [0, 0.05) is 17.3 Å². The second-order valence-corrected chi connectivity index (χ2v) is 6.08. The SMILES string of the molecule is O=C(CNC(=O)c1ccc(-c2ccccc2)cc1)Nc1cccc(OC(F)F)c1. The third kappa shape index (κ3) is 5.87. The van der Waals surface area contributed by atoms with Crippen LogP contribution in [0.15, 0.2) is 78.9 Å². The largest absolute Gasteiger partial charge is 0.435 e. The number of carbonyl (C=O) groups is 2. The van der Waals surface area contributed by atoms with Gasteiger partial charge in [-0.15, -0.1) is 0 Å². The summed E-state index contributed by atoms with van der Waals surface area (Å²) in [6.07, 6.45) is 0. The van der Waals surface area contributed by atoms with Gasteiger partial charge in [-0.1, -0.05) is 48.5 Å². The van der Waals surface area contributed by atoms with Gasteiger partial charge in [0.25, 0.3) is 5.91 Å². The fourth-order valence-corrected chi connectivity index (χ4v) is 2.66. The molecule has 3 aromatic rings. The Bertz CT molecular complexity index is 977. The Morgan fingerprint density at radius 1 is 0.862 bits per heavy atom. The first-order valence-electron chi connectivity index (χ1n) is 8.80. The normalized spacial score (nSPS) is 10.4. The van der Waals surface area contributed by atoms with Crippen molar-refractivity contribution in [3.8, 4) is 16.9 Å². The molecular formula is C22H18F2N2O3. The smallest absolute Gasteiger partial charge is 0.387 e. The first-order chi connectivity index (χ1) is 14.0. The highest BCUT2D eigenvalue weighted by molar-refractivity contribution is 5.99. The highest BCUT2D eigenvalue weighted by atomic mass is 19.3. The summed E-state index contributed by atoms with van der Waals surface area (Å²) >= 11 is 0. The number of hydrogen-bond donors (Lipinski definition) is 2. The summed E-state index contributed by atoms with van der Waals surface area (Å²) in [5.41, 5.74) is 2.72. The molecule has 0 saturated heterocycles. The van der Waals surface area contributed by atoms with Crippen LogP contribution in [0.5, 0.6) is 5.75 Å². The molecule has 0 fully saturated rings. The van der Waals surface area contributed by atoms with Gasteiger partial charge in [-0.05, 0) is 35.4 Å². The molecule has 3 aromatic carbocycles. The van der Waals surface area contributed by atoms with Crippen LogP contribution < -0.4 is 15.4 Å². The fourth-order valence-electron chi connectivity index (χ4n) is 2.66. The summed E-state index contributed by atoms with van der Waals surface area (Å²) < 4.78 is 28.8. The number of halogens is 2. The van der Waals surface area contributed by atoms with E-state index in [4.69, 9.17) is 0 Å². The minimum absolute atomic E-state index is 0.0691. The summed E-state index contributed by atoms with van der Waals surface area (Å²) in [5.74, 6) is -0.955. The lowest BCUT2D eigenvalue weighted by Crippen LogP contribution is -2.32. The molecule has 29 heavy (non-hydrogen) atoms. The number of benzene rings is 3. The molecule has 7 heteroatoms. The van der Waals surface area contributed by atoms with Gasteiger partial charge in [0.1, 0.15) is 5.75 Å². The van der Waals surface area contributed by atoms with Gasteiger partial charge in [0.15, 0.2) is 0 Å². The van der Waals surface area contributed by atoms with Crippen molar-refractivity contribution in [3.63, 3.8) is 0 Å². The first kappa shape index (κ1) is 20.0. The molecule has 0 bridgehead atoms. The Labute approximate surface area is 166 Å². The van der Waals surface area contributed by atoms with Crippen molar-refractivity contribution in [2.24, 2.45) is 0 Å². The molecule has 0 saturated carbocycles. The third-order valence-electron chi connectivity index (χ3n) is 4.01. The fraction of sp³-hybridized carbons (Fsp3) is 0.0909. The van der Waals surface area contributed by atoms with Gasteiger partial charge >= 0.3 is 6.61 Å². The maximum absolute atomic E-state index is 12.2. The number of anilines is 1. The number of alkyl halides is 2. The lowest BCUT2D eigenvalue weighted by molar-refractivity contribution is -0.115. The van der Waals surface area contributed by atoms with Crippen LogP contribution in [-0.2, 0) is 4.79 Å². The Balaban J connectivity index is 1.53. The molecule has 2 amide bonds. The standard InChI is InChI=1S/C22H18F2N2O3/c23-22(24)29-19-8-4-7-18(13-19)26-20(27)14-25-21(28)17-11-9-16(10-12-17)15-5-2-1-3-6-15/h1-13,22H,14H2,(H,25,28)(H,26,27). The second kappa shape index (κ2) is 9.45. The van der Waals surface area contributed by atoms with Crippen LogP contribution in [-0.4, -0.2) is 25.0 Å². The van der Waals surface area contributed by atoms with E-state index < -0.39 is 18.4 Å². The second-order valence-electron chi connectivity index (χ2n) is 6.08. The van der Waals surface area contributed by atoms with Crippen LogP contribution in [0.3, 0.4) is 0 Å². The predicted molar refractivity (Wildman–Crippen MR) is 106 cm³/mol.